The Morgan fingerprint density at radius 1 is 0.812 bits per heavy atom. The molecule has 0 aliphatic heterocycles. The average Bonchev–Trinajstić information content (AvgIpc) is 3.58. The standard InChI is InChI=1S/C38H41Cl2N3O4S/c1-26-14-18-32(19-15-26)48(46,47)43(35-21-27(2)13-16-28(35)3)25-37(44)42(24-30-17-20-33(39)34(40)22-30)36(23-29-9-5-4-6-10-29)38(45)41-31-11-7-8-12-31/h4-6,9-10,13-22,31,36H,7-8,11-12,23-25H2,1-3H3,(H,41,45)/t36-/m1/s1. The Kier molecular flexibility index (Phi) is 11.5. The van der Waals surface area contributed by atoms with E-state index in [0.29, 0.717) is 26.9 Å². The Morgan fingerprint density at radius 2 is 1.48 bits per heavy atom. The average molecular weight is 707 g/mol. The fraction of sp³-hybridized carbons (Fsp3) is 0.316. The van der Waals surface area contributed by atoms with E-state index in [1.807, 2.05) is 63.2 Å². The number of halogens is 2. The molecule has 2 amide bonds. The topological polar surface area (TPSA) is 86.8 Å². The second kappa shape index (κ2) is 15.6. The summed E-state index contributed by atoms with van der Waals surface area (Å²) in [6.07, 6.45) is 4.05. The molecule has 0 heterocycles. The van der Waals surface area contributed by atoms with Crippen LogP contribution in [0.5, 0.6) is 0 Å². The van der Waals surface area contributed by atoms with Gasteiger partial charge < -0.3 is 10.2 Å². The van der Waals surface area contributed by atoms with Crippen molar-refractivity contribution in [2.75, 3.05) is 10.8 Å². The molecule has 4 aromatic carbocycles. The maximum Gasteiger partial charge on any atom is 0.264 e. The van der Waals surface area contributed by atoms with Gasteiger partial charge in [0.2, 0.25) is 11.8 Å². The van der Waals surface area contributed by atoms with Gasteiger partial charge in [-0.2, -0.15) is 0 Å². The third-order valence-corrected chi connectivity index (χ3v) is 11.3. The van der Waals surface area contributed by atoms with Crippen molar-refractivity contribution >= 4 is 50.7 Å². The molecule has 4 aromatic rings. The van der Waals surface area contributed by atoms with Crippen molar-refractivity contribution in [3.05, 3.63) is 129 Å². The van der Waals surface area contributed by atoms with Gasteiger partial charge in [-0.1, -0.05) is 102 Å². The van der Waals surface area contributed by atoms with Gasteiger partial charge in [-0.15, -0.1) is 0 Å². The van der Waals surface area contributed by atoms with Crippen molar-refractivity contribution in [3.63, 3.8) is 0 Å². The van der Waals surface area contributed by atoms with Crippen LogP contribution in [-0.4, -0.2) is 43.8 Å². The smallest absolute Gasteiger partial charge is 0.264 e. The van der Waals surface area contributed by atoms with Crippen molar-refractivity contribution < 1.29 is 18.0 Å². The maximum atomic E-state index is 14.8. The van der Waals surface area contributed by atoms with E-state index in [-0.39, 0.29) is 29.8 Å². The lowest BCUT2D eigenvalue weighted by atomic mass is 10.0. The van der Waals surface area contributed by atoms with E-state index >= 15 is 0 Å². The summed E-state index contributed by atoms with van der Waals surface area (Å²) in [4.78, 5) is 30.5. The highest BCUT2D eigenvalue weighted by Gasteiger charge is 2.36. The largest absolute Gasteiger partial charge is 0.352 e. The predicted molar refractivity (Wildman–Crippen MR) is 193 cm³/mol. The van der Waals surface area contributed by atoms with E-state index in [0.717, 1.165) is 42.4 Å². The molecule has 7 nitrogen and oxygen atoms in total. The zero-order valence-corrected chi connectivity index (χ0v) is 29.8. The summed E-state index contributed by atoms with van der Waals surface area (Å²) in [5, 5.41) is 3.87. The number of amides is 2. The fourth-order valence-electron chi connectivity index (χ4n) is 6.10. The molecule has 0 radical (unpaired) electrons. The summed E-state index contributed by atoms with van der Waals surface area (Å²) >= 11 is 12.6. The highest BCUT2D eigenvalue weighted by atomic mass is 35.5. The monoisotopic (exact) mass is 705 g/mol. The SMILES string of the molecule is Cc1ccc(S(=O)(=O)N(CC(=O)N(Cc2ccc(Cl)c(Cl)c2)[C@H](Cc2ccccc2)C(=O)NC2CCCC2)c2cc(C)ccc2C)cc1. The number of hydrogen-bond donors (Lipinski definition) is 1. The molecule has 0 bridgehead atoms. The summed E-state index contributed by atoms with van der Waals surface area (Å²) in [5.74, 6) is -0.806. The highest BCUT2D eigenvalue weighted by Crippen LogP contribution is 2.30. The van der Waals surface area contributed by atoms with Crippen LogP contribution in [0.2, 0.25) is 10.0 Å². The number of nitrogens with zero attached hydrogens (tertiary/aromatic N) is 2. The number of aryl methyl sites for hydroxylation is 3. The molecular formula is C38H41Cl2N3O4S. The van der Waals surface area contributed by atoms with Crippen molar-refractivity contribution in [1.82, 2.24) is 10.2 Å². The van der Waals surface area contributed by atoms with Gasteiger partial charge >= 0.3 is 0 Å². The van der Waals surface area contributed by atoms with E-state index < -0.39 is 28.5 Å². The van der Waals surface area contributed by atoms with Gasteiger partial charge in [0.15, 0.2) is 0 Å². The number of carbonyl (C=O) groups excluding carboxylic acids is 2. The first kappa shape index (κ1) is 35.5. The second-order valence-electron chi connectivity index (χ2n) is 12.6. The van der Waals surface area contributed by atoms with Crippen LogP contribution in [0.15, 0.2) is 95.9 Å². The summed E-state index contributed by atoms with van der Waals surface area (Å²) in [6, 6.07) is 25.8. The van der Waals surface area contributed by atoms with E-state index in [1.165, 1.54) is 9.21 Å². The minimum absolute atomic E-state index is 0.0104. The van der Waals surface area contributed by atoms with Crippen LogP contribution in [0.1, 0.15) is 53.5 Å². The van der Waals surface area contributed by atoms with E-state index in [2.05, 4.69) is 5.32 Å². The zero-order chi connectivity index (χ0) is 34.4. The molecule has 1 saturated carbocycles. The fourth-order valence-corrected chi connectivity index (χ4v) is 7.89. The number of benzene rings is 4. The first-order valence-electron chi connectivity index (χ1n) is 16.2. The molecule has 1 atom stereocenters. The second-order valence-corrected chi connectivity index (χ2v) is 15.3. The predicted octanol–water partition coefficient (Wildman–Crippen LogP) is 7.81. The van der Waals surface area contributed by atoms with Crippen LogP contribution in [0, 0.1) is 20.8 Å². The number of sulfonamides is 1. The van der Waals surface area contributed by atoms with Crippen molar-refractivity contribution in [3.8, 4) is 0 Å². The van der Waals surface area contributed by atoms with Gasteiger partial charge in [-0.3, -0.25) is 13.9 Å². The molecule has 0 unspecified atom stereocenters. The summed E-state index contributed by atoms with van der Waals surface area (Å²) in [6.45, 7) is 5.06. The molecule has 0 aromatic heterocycles. The van der Waals surface area contributed by atoms with Gasteiger partial charge in [0, 0.05) is 19.0 Å². The number of nitrogens with one attached hydrogen (secondary N) is 1. The third-order valence-electron chi connectivity index (χ3n) is 8.83. The molecule has 1 N–H and O–H groups in total. The van der Waals surface area contributed by atoms with Crippen molar-refractivity contribution in [2.24, 2.45) is 0 Å². The third kappa shape index (κ3) is 8.59. The molecule has 5 rings (SSSR count). The van der Waals surface area contributed by atoms with Crippen LogP contribution in [-0.2, 0) is 32.6 Å². The number of anilines is 1. The van der Waals surface area contributed by atoms with Gasteiger partial charge in [0.25, 0.3) is 10.0 Å². The summed E-state index contributed by atoms with van der Waals surface area (Å²) in [5.41, 5.74) is 4.37. The van der Waals surface area contributed by atoms with Crippen molar-refractivity contribution in [1.29, 1.82) is 0 Å². The molecule has 1 fully saturated rings. The molecular weight excluding hydrogens is 665 g/mol. The Hall–Kier alpha value is -3.85. The Bertz CT molecular complexity index is 1860. The Labute approximate surface area is 293 Å². The van der Waals surface area contributed by atoms with E-state index in [1.54, 1.807) is 48.5 Å². The number of carbonyl (C=O) groups is 2. The Balaban J connectivity index is 1.60. The lowest BCUT2D eigenvalue weighted by Crippen LogP contribution is -2.54. The number of rotatable bonds is 12. The molecule has 252 valence electrons. The minimum atomic E-state index is -4.20. The molecule has 10 heteroatoms. The highest BCUT2D eigenvalue weighted by molar-refractivity contribution is 7.92. The molecule has 1 aliphatic rings. The van der Waals surface area contributed by atoms with Crippen molar-refractivity contribution in [2.45, 2.75) is 76.4 Å². The van der Waals surface area contributed by atoms with E-state index in [4.69, 9.17) is 23.2 Å². The lowest BCUT2D eigenvalue weighted by molar-refractivity contribution is -0.140. The van der Waals surface area contributed by atoms with Crippen LogP contribution in [0.4, 0.5) is 5.69 Å². The van der Waals surface area contributed by atoms with E-state index in [9.17, 15) is 18.0 Å². The van der Waals surface area contributed by atoms with Crippen LogP contribution < -0.4 is 9.62 Å². The van der Waals surface area contributed by atoms with Gasteiger partial charge in [-0.05, 0) is 86.2 Å². The Morgan fingerprint density at radius 3 is 2.15 bits per heavy atom. The van der Waals surface area contributed by atoms with Crippen LogP contribution in [0.3, 0.4) is 0 Å². The van der Waals surface area contributed by atoms with Gasteiger partial charge in [0.05, 0.1) is 20.6 Å². The lowest BCUT2D eigenvalue weighted by Gasteiger charge is -2.34. The zero-order valence-electron chi connectivity index (χ0n) is 27.5. The first-order chi connectivity index (χ1) is 22.9. The quantitative estimate of drug-likeness (QED) is 0.163. The number of hydrogen-bond acceptors (Lipinski definition) is 4. The van der Waals surface area contributed by atoms with Gasteiger partial charge in [0.1, 0.15) is 12.6 Å². The normalized spacial score (nSPS) is 14.0. The van der Waals surface area contributed by atoms with Crippen LogP contribution >= 0.6 is 23.2 Å². The maximum absolute atomic E-state index is 14.8. The molecule has 48 heavy (non-hydrogen) atoms. The summed E-state index contributed by atoms with van der Waals surface area (Å²) < 4.78 is 29.9. The molecule has 1 aliphatic carbocycles. The summed E-state index contributed by atoms with van der Waals surface area (Å²) in [7, 11) is -4.20. The van der Waals surface area contributed by atoms with Gasteiger partial charge in [-0.25, -0.2) is 8.42 Å². The molecule has 0 spiro atoms. The minimum Gasteiger partial charge on any atom is -0.352 e. The molecule has 0 saturated heterocycles. The first-order valence-corrected chi connectivity index (χ1v) is 18.4. The van der Waals surface area contributed by atoms with Crippen LogP contribution in [0.25, 0.3) is 0 Å².